The summed E-state index contributed by atoms with van der Waals surface area (Å²) in [6, 6.07) is 8.16. The topological polar surface area (TPSA) is 43.4 Å². The average molecular weight is 310 g/mol. The molecule has 1 aromatic rings. The van der Waals surface area contributed by atoms with E-state index in [-0.39, 0.29) is 17.5 Å². The number of hydrogen-bond donors (Lipinski definition) is 0. The second-order valence-electron chi connectivity index (χ2n) is 7.25. The van der Waals surface area contributed by atoms with Crippen LogP contribution in [0.3, 0.4) is 0 Å². The predicted molar refractivity (Wildman–Crippen MR) is 87.4 cm³/mol. The lowest BCUT2D eigenvalue weighted by Crippen LogP contribution is -2.47. The van der Waals surface area contributed by atoms with Crippen molar-refractivity contribution in [1.29, 1.82) is 0 Å². The van der Waals surface area contributed by atoms with Crippen molar-refractivity contribution in [3.8, 4) is 5.75 Å². The largest absolute Gasteiger partial charge is 0.493 e. The number of para-hydroxylation sites is 1. The molecule has 1 aromatic carbocycles. The maximum absolute atomic E-state index is 12.6. The zero-order valence-corrected chi connectivity index (χ0v) is 13.5. The maximum Gasteiger partial charge on any atom is 0.146 e. The van der Waals surface area contributed by atoms with Gasteiger partial charge in [-0.1, -0.05) is 30.4 Å². The van der Waals surface area contributed by atoms with Crippen LogP contribution in [0.2, 0.25) is 0 Å². The highest BCUT2D eigenvalue weighted by molar-refractivity contribution is 6.09. The molecule has 1 aliphatic heterocycles. The summed E-state index contributed by atoms with van der Waals surface area (Å²) in [6.45, 7) is 2.56. The molecule has 0 N–H and O–H groups in total. The third kappa shape index (κ3) is 2.17. The summed E-state index contributed by atoms with van der Waals surface area (Å²) in [4.78, 5) is 25.1. The van der Waals surface area contributed by atoms with Crippen LogP contribution in [-0.4, -0.2) is 18.2 Å². The Morgan fingerprint density at radius 1 is 1.09 bits per heavy atom. The van der Waals surface area contributed by atoms with Crippen molar-refractivity contribution >= 4 is 11.6 Å². The summed E-state index contributed by atoms with van der Waals surface area (Å²) >= 11 is 0. The molecule has 120 valence electrons. The fourth-order valence-electron chi connectivity index (χ4n) is 4.50. The van der Waals surface area contributed by atoms with Gasteiger partial charge in [-0.05, 0) is 43.2 Å². The maximum atomic E-state index is 12.6. The van der Waals surface area contributed by atoms with Crippen molar-refractivity contribution in [2.24, 2.45) is 17.3 Å². The van der Waals surface area contributed by atoms with Gasteiger partial charge in [-0.15, -0.1) is 0 Å². The Bertz CT molecular complexity index is 672. The first kappa shape index (κ1) is 14.7. The van der Waals surface area contributed by atoms with E-state index >= 15 is 0 Å². The van der Waals surface area contributed by atoms with Crippen LogP contribution >= 0.6 is 0 Å². The first-order chi connectivity index (χ1) is 11.1. The Kier molecular flexibility index (Phi) is 3.40. The third-order valence-corrected chi connectivity index (χ3v) is 6.07. The van der Waals surface area contributed by atoms with Crippen LogP contribution in [0.4, 0.5) is 0 Å². The molecule has 0 bridgehead atoms. The molecular formula is C20H22O3. The quantitative estimate of drug-likeness (QED) is 0.587. The molecule has 1 heterocycles. The van der Waals surface area contributed by atoms with Gasteiger partial charge < -0.3 is 4.74 Å². The Labute approximate surface area is 136 Å². The van der Waals surface area contributed by atoms with Gasteiger partial charge in [-0.2, -0.15) is 0 Å². The molecule has 3 nitrogen and oxygen atoms in total. The molecule has 3 atom stereocenters. The number of benzene rings is 1. The van der Waals surface area contributed by atoms with E-state index in [9.17, 15) is 9.59 Å². The van der Waals surface area contributed by atoms with E-state index < -0.39 is 5.41 Å². The fourth-order valence-corrected chi connectivity index (χ4v) is 4.50. The second kappa shape index (κ2) is 5.33. The van der Waals surface area contributed by atoms with E-state index in [1.54, 1.807) is 0 Å². The number of fused-ring (bicyclic) bond motifs is 3. The van der Waals surface area contributed by atoms with Crippen molar-refractivity contribution in [3.05, 3.63) is 42.0 Å². The summed E-state index contributed by atoms with van der Waals surface area (Å²) in [5.74, 6) is 1.90. The smallest absolute Gasteiger partial charge is 0.146 e. The number of Topliss-reactive ketones (excluding diaryl/α,β-unsaturated/α-hetero) is 2. The number of rotatable bonds is 1. The van der Waals surface area contributed by atoms with E-state index in [4.69, 9.17) is 4.74 Å². The standard InChI is InChI=1S/C20H22O3/c1-20(18(21)7-4-8-19(20)22)14-10-9-13-12-23-17-6-3-2-5-15(17)16(13)11-14/h2-3,5-6,9-10,13-14,16H,4,7-8,11-12H2,1H3/t13-,14+,16-/m1/s1. The molecule has 23 heavy (non-hydrogen) atoms. The van der Waals surface area contributed by atoms with Gasteiger partial charge in [0.05, 0.1) is 12.0 Å². The van der Waals surface area contributed by atoms with Crippen LogP contribution in [0.15, 0.2) is 36.4 Å². The molecule has 1 saturated carbocycles. The summed E-state index contributed by atoms with van der Waals surface area (Å²) in [5.41, 5.74) is 0.393. The minimum atomic E-state index is -0.826. The molecule has 3 aliphatic rings. The molecule has 2 aliphatic carbocycles. The van der Waals surface area contributed by atoms with Gasteiger partial charge >= 0.3 is 0 Å². The third-order valence-electron chi connectivity index (χ3n) is 6.07. The Morgan fingerprint density at radius 3 is 2.61 bits per heavy atom. The zero-order chi connectivity index (χ0) is 16.0. The zero-order valence-electron chi connectivity index (χ0n) is 13.5. The molecule has 1 fully saturated rings. The van der Waals surface area contributed by atoms with Gasteiger partial charge in [0.25, 0.3) is 0 Å². The Hall–Kier alpha value is -1.90. The Morgan fingerprint density at radius 2 is 1.83 bits per heavy atom. The van der Waals surface area contributed by atoms with Gasteiger partial charge in [0.2, 0.25) is 0 Å². The number of ketones is 2. The SMILES string of the molecule is CC1([C@H]2C=C[C@@H]3COc4ccccc4[C@@H]3C2)C(=O)CCCC1=O. The molecule has 0 spiro atoms. The molecule has 4 rings (SSSR count). The molecule has 0 amide bonds. The van der Waals surface area contributed by atoms with Crippen molar-refractivity contribution in [2.45, 2.75) is 38.5 Å². The van der Waals surface area contributed by atoms with E-state index in [1.807, 2.05) is 25.1 Å². The highest BCUT2D eigenvalue weighted by Crippen LogP contribution is 2.49. The van der Waals surface area contributed by atoms with Crippen LogP contribution in [-0.2, 0) is 9.59 Å². The van der Waals surface area contributed by atoms with E-state index in [0.717, 1.165) is 12.2 Å². The second-order valence-corrected chi connectivity index (χ2v) is 7.25. The normalized spacial score (nSPS) is 32.0. The number of carbonyl (C=O) groups excluding carboxylic acids is 2. The summed E-state index contributed by atoms with van der Waals surface area (Å²) in [6.07, 6.45) is 6.94. The minimum absolute atomic E-state index is 0.00945. The molecule has 0 saturated heterocycles. The van der Waals surface area contributed by atoms with E-state index in [2.05, 4.69) is 18.2 Å². The molecule has 0 radical (unpaired) electrons. The first-order valence-corrected chi connectivity index (χ1v) is 8.57. The number of ether oxygens (including phenoxy) is 1. The van der Waals surface area contributed by atoms with Crippen LogP contribution in [0, 0.1) is 17.3 Å². The van der Waals surface area contributed by atoms with E-state index in [1.165, 1.54) is 5.56 Å². The fraction of sp³-hybridized carbons (Fsp3) is 0.500. The van der Waals surface area contributed by atoms with Crippen molar-refractivity contribution in [1.82, 2.24) is 0 Å². The van der Waals surface area contributed by atoms with Crippen molar-refractivity contribution in [3.63, 3.8) is 0 Å². The van der Waals surface area contributed by atoms with Gasteiger partial charge in [0, 0.05) is 18.8 Å². The van der Waals surface area contributed by atoms with Gasteiger partial charge in [-0.25, -0.2) is 0 Å². The number of allylic oxidation sites excluding steroid dienone is 1. The predicted octanol–water partition coefficient (Wildman–Crippen LogP) is 3.68. The molecule has 3 heteroatoms. The Balaban J connectivity index is 1.69. The lowest BCUT2D eigenvalue weighted by atomic mass is 9.60. The monoisotopic (exact) mass is 310 g/mol. The molecule has 0 aromatic heterocycles. The first-order valence-electron chi connectivity index (χ1n) is 8.57. The summed E-state index contributed by atoms with van der Waals surface area (Å²) < 4.78 is 5.86. The summed E-state index contributed by atoms with van der Waals surface area (Å²) in [5, 5.41) is 0. The van der Waals surface area contributed by atoms with Crippen molar-refractivity contribution < 1.29 is 14.3 Å². The molecule has 0 unspecified atom stereocenters. The average Bonchev–Trinajstić information content (AvgIpc) is 2.59. The number of carbonyl (C=O) groups is 2. The summed E-state index contributed by atoms with van der Waals surface area (Å²) in [7, 11) is 0. The lowest BCUT2D eigenvalue weighted by Gasteiger charge is -2.43. The van der Waals surface area contributed by atoms with Crippen LogP contribution in [0.5, 0.6) is 5.75 Å². The highest BCUT2D eigenvalue weighted by Gasteiger charge is 2.50. The lowest BCUT2D eigenvalue weighted by molar-refractivity contribution is -0.145. The van der Waals surface area contributed by atoms with E-state index in [0.29, 0.717) is 37.7 Å². The van der Waals surface area contributed by atoms with Gasteiger partial charge in [0.1, 0.15) is 17.3 Å². The van der Waals surface area contributed by atoms with Crippen LogP contribution in [0.1, 0.15) is 44.1 Å². The molecular weight excluding hydrogens is 288 g/mol. The van der Waals surface area contributed by atoms with Crippen LogP contribution in [0.25, 0.3) is 0 Å². The minimum Gasteiger partial charge on any atom is -0.493 e. The van der Waals surface area contributed by atoms with Crippen LogP contribution < -0.4 is 4.74 Å². The van der Waals surface area contributed by atoms with Crippen molar-refractivity contribution in [2.75, 3.05) is 6.61 Å². The van der Waals surface area contributed by atoms with Gasteiger partial charge in [-0.3, -0.25) is 9.59 Å². The highest BCUT2D eigenvalue weighted by atomic mass is 16.5. The van der Waals surface area contributed by atoms with Gasteiger partial charge in [0.15, 0.2) is 0 Å². The number of hydrogen-bond acceptors (Lipinski definition) is 3.